The Morgan fingerprint density at radius 3 is 2.88 bits per heavy atom. The predicted molar refractivity (Wildman–Crippen MR) is 67.1 cm³/mol. The molecule has 0 fully saturated rings. The zero-order chi connectivity index (χ0) is 12.3. The van der Waals surface area contributed by atoms with Gasteiger partial charge in [0, 0.05) is 21.8 Å². The average Bonchev–Trinajstić information content (AvgIpc) is 2.31. The molecule has 0 radical (unpaired) electrons. The maximum Gasteiger partial charge on any atom is 0.192 e. The Morgan fingerprint density at radius 1 is 1.35 bits per heavy atom. The van der Waals surface area contributed by atoms with Gasteiger partial charge in [0.2, 0.25) is 0 Å². The second kappa shape index (κ2) is 5.17. The van der Waals surface area contributed by atoms with Crippen LogP contribution in [-0.2, 0) is 0 Å². The van der Waals surface area contributed by atoms with Gasteiger partial charge in [-0.15, -0.1) is 0 Å². The second-order valence-corrected chi connectivity index (χ2v) is 4.78. The molecule has 1 aromatic heterocycles. The highest BCUT2D eigenvalue weighted by Gasteiger charge is 2.06. The highest BCUT2D eigenvalue weighted by Crippen LogP contribution is 2.29. The van der Waals surface area contributed by atoms with E-state index < -0.39 is 0 Å². The van der Waals surface area contributed by atoms with Crippen LogP contribution in [0.4, 0.5) is 0 Å². The molecule has 1 aromatic carbocycles. The molecule has 0 saturated heterocycles. The van der Waals surface area contributed by atoms with Crippen molar-refractivity contribution in [1.29, 1.82) is 5.26 Å². The fourth-order valence-electron chi connectivity index (χ4n) is 1.25. The lowest BCUT2D eigenvalue weighted by atomic mass is 10.2. The predicted octanol–water partition coefficient (Wildman–Crippen LogP) is 3.46. The number of aromatic nitrogens is 2. The Balaban J connectivity index is 2.34. The number of benzene rings is 1. The van der Waals surface area contributed by atoms with Gasteiger partial charge in [0.1, 0.15) is 6.07 Å². The molecule has 17 heavy (non-hydrogen) atoms. The lowest BCUT2D eigenvalue weighted by molar-refractivity contribution is 0.932. The molecule has 0 spiro atoms. The maximum atomic E-state index is 9.01. The second-order valence-electron chi connectivity index (χ2n) is 3.33. The third-order valence-corrected chi connectivity index (χ3v) is 3.23. The number of halogens is 1. The van der Waals surface area contributed by atoms with Gasteiger partial charge < -0.3 is 0 Å². The van der Waals surface area contributed by atoms with Crippen molar-refractivity contribution in [2.45, 2.75) is 17.0 Å². The zero-order valence-electron chi connectivity index (χ0n) is 9.01. The molecule has 0 bridgehead atoms. The van der Waals surface area contributed by atoms with Gasteiger partial charge in [-0.25, -0.2) is 9.97 Å². The molecule has 0 saturated carbocycles. The Morgan fingerprint density at radius 2 is 2.18 bits per heavy atom. The Bertz CT molecular complexity index is 593. The minimum atomic E-state index is 0.535. The summed E-state index contributed by atoms with van der Waals surface area (Å²) in [5.74, 6) is 0. The summed E-state index contributed by atoms with van der Waals surface area (Å²) in [5.41, 5.74) is 1.43. The van der Waals surface area contributed by atoms with Crippen LogP contribution in [0.25, 0.3) is 0 Å². The van der Waals surface area contributed by atoms with Crippen molar-refractivity contribution in [3.8, 4) is 6.07 Å². The molecular weight excluding hydrogens is 254 g/mol. The molecule has 2 aromatic rings. The summed E-state index contributed by atoms with van der Waals surface area (Å²) in [7, 11) is 0. The molecule has 84 valence electrons. The number of hydrogen-bond donors (Lipinski definition) is 0. The van der Waals surface area contributed by atoms with Crippen molar-refractivity contribution in [1.82, 2.24) is 9.97 Å². The van der Waals surface area contributed by atoms with Crippen LogP contribution in [0.1, 0.15) is 11.3 Å². The summed E-state index contributed by atoms with van der Waals surface area (Å²) in [4.78, 5) is 9.23. The first-order valence-corrected chi connectivity index (χ1v) is 6.05. The van der Waals surface area contributed by atoms with Crippen LogP contribution in [-0.4, -0.2) is 9.97 Å². The summed E-state index contributed by atoms with van der Waals surface area (Å²) in [6.07, 6.45) is 1.70. The quantitative estimate of drug-likeness (QED) is 0.777. The van der Waals surface area contributed by atoms with E-state index in [1.807, 2.05) is 13.0 Å². The van der Waals surface area contributed by atoms with Crippen molar-refractivity contribution in [3.05, 3.63) is 46.7 Å². The zero-order valence-corrected chi connectivity index (χ0v) is 10.6. The van der Waals surface area contributed by atoms with E-state index in [1.165, 1.54) is 11.8 Å². The summed E-state index contributed by atoms with van der Waals surface area (Å²) in [6, 6.07) is 9.13. The molecule has 0 N–H and O–H groups in total. The summed E-state index contributed by atoms with van der Waals surface area (Å²) >= 11 is 7.19. The van der Waals surface area contributed by atoms with Crippen molar-refractivity contribution in [2.24, 2.45) is 0 Å². The van der Waals surface area contributed by atoms with Crippen LogP contribution in [0.3, 0.4) is 0 Å². The van der Waals surface area contributed by atoms with Gasteiger partial charge >= 0.3 is 0 Å². The molecular formula is C12H8ClN3S. The molecule has 2 rings (SSSR count). The van der Waals surface area contributed by atoms with Crippen LogP contribution in [0.5, 0.6) is 0 Å². The van der Waals surface area contributed by atoms with Gasteiger partial charge in [-0.05, 0) is 43.0 Å². The van der Waals surface area contributed by atoms with E-state index in [0.29, 0.717) is 15.7 Å². The van der Waals surface area contributed by atoms with Crippen LogP contribution in [0, 0.1) is 18.3 Å². The molecule has 0 aliphatic heterocycles. The molecule has 0 atom stereocenters. The minimum Gasteiger partial charge on any atom is -0.231 e. The third kappa shape index (κ3) is 2.96. The molecule has 3 nitrogen and oxygen atoms in total. The van der Waals surface area contributed by atoms with Gasteiger partial charge in [0.15, 0.2) is 5.16 Å². The molecule has 0 aliphatic carbocycles. The first-order chi connectivity index (χ1) is 8.19. The SMILES string of the molecule is Cc1ccnc(Sc2ccc(Cl)cc2C#N)n1. The van der Waals surface area contributed by atoms with Crippen LogP contribution >= 0.6 is 23.4 Å². The van der Waals surface area contributed by atoms with Crippen molar-refractivity contribution >= 4 is 23.4 Å². The topological polar surface area (TPSA) is 49.6 Å². The highest BCUT2D eigenvalue weighted by atomic mass is 35.5. The summed E-state index contributed by atoms with van der Waals surface area (Å²) in [5, 5.41) is 10.2. The molecule has 1 heterocycles. The number of nitriles is 1. The lowest BCUT2D eigenvalue weighted by Gasteiger charge is -2.03. The molecule has 0 amide bonds. The molecule has 5 heteroatoms. The standard InChI is InChI=1S/C12H8ClN3S/c1-8-4-5-15-12(16-8)17-11-3-2-10(13)6-9(11)7-14/h2-6H,1H3. The first-order valence-electron chi connectivity index (χ1n) is 4.86. The van der Waals surface area contributed by atoms with E-state index in [9.17, 15) is 0 Å². The maximum absolute atomic E-state index is 9.01. The molecule has 0 aliphatic rings. The van der Waals surface area contributed by atoms with Gasteiger partial charge in [-0.3, -0.25) is 0 Å². The van der Waals surface area contributed by atoms with Gasteiger partial charge in [0.05, 0.1) is 5.56 Å². The van der Waals surface area contributed by atoms with E-state index in [4.69, 9.17) is 16.9 Å². The van der Waals surface area contributed by atoms with Gasteiger partial charge in [0.25, 0.3) is 0 Å². The van der Waals surface area contributed by atoms with E-state index in [0.717, 1.165) is 10.6 Å². The lowest BCUT2D eigenvalue weighted by Crippen LogP contribution is -1.89. The normalized spacial score (nSPS) is 9.94. The average molecular weight is 262 g/mol. The van der Waals surface area contributed by atoms with Crippen LogP contribution in [0.15, 0.2) is 40.5 Å². The fourth-order valence-corrected chi connectivity index (χ4v) is 2.27. The smallest absolute Gasteiger partial charge is 0.192 e. The highest BCUT2D eigenvalue weighted by molar-refractivity contribution is 7.99. The van der Waals surface area contributed by atoms with Crippen LogP contribution < -0.4 is 0 Å². The van der Waals surface area contributed by atoms with E-state index >= 15 is 0 Å². The van der Waals surface area contributed by atoms with E-state index in [2.05, 4.69) is 16.0 Å². The monoisotopic (exact) mass is 261 g/mol. The van der Waals surface area contributed by atoms with E-state index in [1.54, 1.807) is 24.4 Å². The Kier molecular flexibility index (Phi) is 3.62. The van der Waals surface area contributed by atoms with Crippen molar-refractivity contribution < 1.29 is 0 Å². The first kappa shape index (κ1) is 11.9. The number of hydrogen-bond acceptors (Lipinski definition) is 4. The van der Waals surface area contributed by atoms with Gasteiger partial charge in [-0.1, -0.05) is 11.6 Å². The number of nitrogens with zero attached hydrogens (tertiary/aromatic N) is 3. The van der Waals surface area contributed by atoms with Crippen molar-refractivity contribution in [2.75, 3.05) is 0 Å². The Labute approximate surface area is 108 Å². The largest absolute Gasteiger partial charge is 0.231 e. The van der Waals surface area contributed by atoms with Crippen molar-refractivity contribution in [3.63, 3.8) is 0 Å². The molecule has 0 unspecified atom stereocenters. The summed E-state index contributed by atoms with van der Waals surface area (Å²) in [6.45, 7) is 1.90. The number of rotatable bonds is 2. The minimum absolute atomic E-state index is 0.535. The summed E-state index contributed by atoms with van der Waals surface area (Å²) < 4.78 is 0. The van der Waals surface area contributed by atoms with E-state index in [-0.39, 0.29) is 0 Å². The fraction of sp³-hybridized carbons (Fsp3) is 0.0833. The van der Waals surface area contributed by atoms with Gasteiger partial charge in [-0.2, -0.15) is 5.26 Å². The third-order valence-electron chi connectivity index (χ3n) is 2.04. The number of aryl methyl sites for hydroxylation is 1. The Hall–Kier alpha value is -1.57. The van der Waals surface area contributed by atoms with Crippen LogP contribution in [0.2, 0.25) is 5.02 Å².